The maximum atomic E-state index is 5.74. The number of anilines is 1. The second kappa shape index (κ2) is 5.53. The normalized spacial score (nSPS) is 10.6. The zero-order chi connectivity index (χ0) is 12.1. The maximum Gasteiger partial charge on any atom is 0.200 e. The molecule has 1 aromatic heterocycles. The average Bonchev–Trinajstić information content (AvgIpc) is 2.74. The Kier molecular flexibility index (Phi) is 3.81. The lowest BCUT2D eigenvalue weighted by atomic mass is 10.1. The van der Waals surface area contributed by atoms with Gasteiger partial charge in [0.15, 0.2) is 5.95 Å². The van der Waals surface area contributed by atoms with E-state index in [1.54, 1.807) is 6.20 Å². The molecule has 90 valence electrons. The van der Waals surface area contributed by atoms with Crippen molar-refractivity contribution in [1.29, 1.82) is 0 Å². The summed E-state index contributed by atoms with van der Waals surface area (Å²) in [6.07, 6.45) is 7.30. The number of rotatable bonds is 5. The third kappa shape index (κ3) is 3.09. The van der Waals surface area contributed by atoms with Crippen molar-refractivity contribution in [3.05, 3.63) is 47.8 Å². The molecule has 17 heavy (non-hydrogen) atoms. The predicted octanol–water partition coefficient (Wildman–Crippen LogP) is 2.86. The van der Waals surface area contributed by atoms with Gasteiger partial charge in [-0.05, 0) is 24.0 Å². The van der Waals surface area contributed by atoms with E-state index in [-0.39, 0.29) is 0 Å². The highest BCUT2D eigenvalue weighted by molar-refractivity contribution is 5.25. The van der Waals surface area contributed by atoms with Crippen LogP contribution < -0.4 is 5.73 Å². The Morgan fingerprint density at radius 2 is 1.88 bits per heavy atom. The number of imidazole rings is 1. The van der Waals surface area contributed by atoms with Crippen LogP contribution in [0.25, 0.3) is 0 Å². The second-order valence-corrected chi connectivity index (χ2v) is 4.33. The van der Waals surface area contributed by atoms with Crippen molar-refractivity contribution in [3.8, 4) is 0 Å². The van der Waals surface area contributed by atoms with Gasteiger partial charge in [0.05, 0.1) is 6.54 Å². The van der Waals surface area contributed by atoms with Gasteiger partial charge in [-0.3, -0.25) is 0 Å². The molecule has 3 nitrogen and oxygen atoms in total. The lowest BCUT2D eigenvalue weighted by Gasteiger charge is -2.06. The monoisotopic (exact) mass is 229 g/mol. The zero-order valence-electron chi connectivity index (χ0n) is 10.3. The topological polar surface area (TPSA) is 43.8 Å². The minimum atomic E-state index is 0.569. The number of benzene rings is 1. The molecule has 0 fully saturated rings. The van der Waals surface area contributed by atoms with Crippen molar-refractivity contribution in [2.75, 3.05) is 5.73 Å². The van der Waals surface area contributed by atoms with Gasteiger partial charge in [-0.2, -0.15) is 0 Å². The van der Waals surface area contributed by atoms with Crippen molar-refractivity contribution in [2.24, 2.45) is 0 Å². The van der Waals surface area contributed by atoms with Gasteiger partial charge >= 0.3 is 0 Å². The second-order valence-electron chi connectivity index (χ2n) is 4.33. The summed E-state index contributed by atoms with van der Waals surface area (Å²) >= 11 is 0. The number of aryl methyl sites for hydroxylation is 1. The number of nitrogens with two attached hydrogens (primary N) is 1. The molecule has 2 aromatic rings. The van der Waals surface area contributed by atoms with E-state index >= 15 is 0 Å². The molecule has 0 unspecified atom stereocenters. The molecule has 0 radical (unpaired) electrons. The quantitative estimate of drug-likeness (QED) is 0.856. The molecule has 0 saturated carbocycles. The summed E-state index contributed by atoms with van der Waals surface area (Å²) in [7, 11) is 0. The number of unbranched alkanes of at least 4 members (excludes halogenated alkanes) is 1. The highest BCUT2D eigenvalue weighted by Crippen LogP contribution is 2.10. The van der Waals surface area contributed by atoms with Crippen LogP contribution in [-0.4, -0.2) is 9.55 Å². The standard InChI is InChI=1S/C14H19N3/c1-2-3-4-12-5-7-13(8-6-12)11-17-10-9-16-14(17)15/h5-10H,2-4,11H2,1H3,(H2,15,16). The van der Waals surface area contributed by atoms with Crippen LogP contribution in [0.2, 0.25) is 0 Å². The molecule has 0 saturated heterocycles. The molecule has 0 aliphatic carbocycles. The van der Waals surface area contributed by atoms with Gasteiger partial charge in [0, 0.05) is 12.4 Å². The lowest BCUT2D eigenvalue weighted by Crippen LogP contribution is -2.03. The molecular formula is C14H19N3. The summed E-state index contributed by atoms with van der Waals surface area (Å²) in [6.45, 7) is 3.01. The maximum absolute atomic E-state index is 5.74. The smallest absolute Gasteiger partial charge is 0.200 e. The Bertz CT molecular complexity index is 457. The van der Waals surface area contributed by atoms with Crippen LogP contribution in [0.15, 0.2) is 36.7 Å². The third-order valence-electron chi connectivity index (χ3n) is 2.94. The molecule has 0 bridgehead atoms. The van der Waals surface area contributed by atoms with Gasteiger partial charge in [0.25, 0.3) is 0 Å². The summed E-state index contributed by atoms with van der Waals surface area (Å²) in [5.74, 6) is 0.569. The van der Waals surface area contributed by atoms with Gasteiger partial charge in [-0.1, -0.05) is 37.6 Å². The number of hydrogen-bond donors (Lipinski definition) is 1. The highest BCUT2D eigenvalue weighted by atomic mass is 15.1. The van der Waals surface area contributed by atoms with E-state index < -0.39 is 0 Å². The first-order valence-corrected chi connectivity index (χ1v) is 6.14. The van der Waals surface area contributed by atoms with E-state index in [2.05, 4.69) is 36.2 Å². The number of nitrogen functional groups attached to an aromatic ring is 1. The minimum absolute atomic E-state index is 0.569. The van der Waals surface area contributed by atoms with Gasteiger partial charge in [-0.15, -0.1) is 0 Å². The zero-order valence-corrected chi connectivity index (χ0v) is 10.3. The largest absolute Gasteiger partial charge is 0.369 e. The van der Waals surface area contributed by atoms with Crippen LogP contribution >= 0.6 is 0 Å². The fourth-order valence-electron chi connectivity index (χ4n) is 1.86. The Balaban J connectivity index is 2.01. The summed E-state index contributed by atoms with van der Waals surface area (Å²) in [4.78, 5) is 4.01. The Morgan fingerprint density at radius 3 is 2.47 bits per heavy atom. The van der Waals surface area contributed by atoms with Crippen molar-refractivity contribution < 1.29 is 0 Å². The van der Waals surface area contributed by atoms with Crippen molar-refractivity contribution in [3.63, 3.8) is 0 Å². The van der Waals surface area contributed by atoms with Crippen LogP contribution in [-0.2, 0) is 13.0 Å². The van der Waals surface area contributed by atoms with Gasteiger partial charge < -0.3 is 10.3 Å². The Hall–Kier alpha value is -1.77. The first-order chi connectivity index (χ1) is 8.29. The van der Waals surface area contributed by atoms with Crippen LogP contribution in [0.4, 0.5) is 5.95 Å². The predicted molar refractivity (Wildman–Crippen MR) is 70.8 cm³/mol. The molecule has 2 rings (SSSR count). The molecule has 0 spiro atoms. The summed E-state index contributed by atoms with van der Waals surface area (Å²) in [6, 6.07) is 8.76. The van der Waals surface area contributed by atoms with Gasteiger partial charge in [0.2, 0.25) is 0 Å². The Morgan fingerprint density at radius 1 is 1.18 bits per heavy atom. The average molecular weight is 229 g/mol. The van der Waals surface area contributed by atoms with Crippen LogP contribution in [0, 0.1) is 0 Å². The van der Waals surface area contributed by atoms with E-state index in [9.17, 15) is 0 Å². The number of aromatic nitrogens is 2. The van der Waals surface area contributed by atoms with Gasteiger partial charge in [-0.25, -0.2) is 4.98 Å². The summed E-state index contributed by atoms with van der Waals surface area (Å²) in [5.41, 5.74) is 8.41. The van der Waals surface area contributed by atoms with Crippen molar-refractivity contribution >= 4 is 5.95 Å². The van der Waals surface area contributed by atoms with Crippen LogP contribution in [0.5, 0.6) is 0 Å². The first-order valence-electron chi connectivity index (χ1n) is 6.14. The van der Waals surface area contributed by atoms with E-state index in [4.69, 9.17) is 5.73 Å². The SMILES string of the molecule is CCCCc1ccc(Cn2ccnc2N)cc1. The van der Waals surface area contributed by atoms with Crippen molar-refractivity contribution in [2.45, 2.75) is 32.7 Å². The molecule has 0 aliphatic heterocycles. The highest BCUT2D eigenvalue weighted by Gasteiger charge is 1.99. The molecular weight excluding hydrogens is 210 g/mol. The molecule has 3 heteroatoms. The third-order valence-corrected chi connectivity index (χ3v) is 2.94. The van der Waals surface area contributed by atoms with Crippen LogP contribution in [0.1, 0.15) is 30.9 Å². The molecule has 0 amide bonds. The van der Waals surface area contributed by atoms with Crippen molar-refractivity contribution in [1.82, 2.24) is 9.55 Å². The van der Waals surface area contributed by atoms with E-state index in [1.807, 2.05) is 10.8 Å². The fourth-order valence-corrected chi connectivity index (χ4v) is 1.86. The fraction of sp³-hybridized carbons (Fsp3) is 0.357. The molecule has 1 heterocycles. The van der Waals surface area contributed by atoms with Gasteiger partial charge in [0.1, 0.15) is 0 Å². The molecule has 0 atom stereocenters. The van der Waals surface area contributed by atoms with E-state index in [0.717, 1.165) is 6.54 Å². The summed E-state index contributed by atoms with van der Waals surface area (Å²) < 4.78 is 1.95. The van der Waals surface area contributed by atoms with Crippen LogP contribution in [0.3, 0.4) is 0 Å². The number of nitrogens with zero attached hydrogens (tertiary/aromatic N) is 2. The summed E-state index contributed by atoms with van der Waals surface area (Å²) in [5, 5.41) is 0. The van der Waals surface area contributed by atoms with E-state index in [1.165, 1.54) is 30.4 Å². The molecule has 1 aromatic carbocycles. The first kappa shape index (κ1) is 11.7. The minimum Gasteiger partial charge on any atom is -0.369 e. The lowest BCUT2D eigenvalue weighted by molar-refractivity contribution is 0.789. The van der Waals surface area contributed by atoms with E-state index in [0.29, 0.717) is 5.95 Å². The Labute approximate surface area is 102 Å². The molecule has 2 N–H and O–H groups in total. The number of hydrogen-bond acceptors (Lipinski definition) is 2. The molecule has 0 aliphatic rings.